The third-order valence-electron chi connectivity index (χ3n) is 2.91. The van der Waals surface area contributed by atoms with Crippen LogP contribution in [0.1, 0.15) is 12.0 Å². The van der Waals surface area contributed by atoms with Crippen molar-refractivity contribution >= 4 is 17.4 Å². The van der Waals surface area contributed by atoms with E-state index in [1.54, 1.807) is 18.2 Å². The lowest BCUT2D eigenvalue weighted by Gasteiger charge is -2.30. The number of alkyl halides is 3. The summed E-state index contributed by atoms with van der Waals surface area (Å²) < 4.78 is 36.3. The lowest BCUT2D eigenvalue weighted by atomic mass is 10.0. The Morgan fingerprint density at radius 3 is 2.84 bits per heavy atom. The number of carbonyl (C=O) groups is 1. The van der Waals surface area contributed by atoms with Crippen LogP contribution in [0.2, 0.25) is 0 Å². The number of carbonyl (C=O) groups excluding carboxylic acids is 1. The van der Waals surface area contributed by atoms with Crippen molar-refractivity contribution in [3.63, 3.8) is 0 Å². The highest BCUT2D eigenvalue weighted by atomic mass is 19.4. The van der Waals surface area contributed by atoms with E-state index in [0.717, 1.165) is 18.4 Å². The smallest absolute Gasteiger partial charge is 0.399 e. The first-order valence-electron chi connectivity index (χ1n) is 5.87. The predicted molar refractivity (Wildman–Crippen MR) is 66.0 cm³/mol. The predicted octanol–water partition coefficient (Wildman–Crippen LogP) is 2.29. The van der Waals surface area contributed by atoms with Crippen molar-refractivity contribution in [3.05, 3.63) is 23.8 Å². The molecule has 4 nitrogen and oxygen atoms in total. The first-order chi connectivity index (χ1) is 8.87. The molecular weight excluding hydrogens is 259 g/mol. The summed E-state index contributed by atoms with van der Waals surface area (Å²) in [4.78, 5) is 13.1. The molecule has 1 aromatic rings. The molecule has 1 aromatic carbocycles. The standard InChI is InChI=1S/C12H14F3N3O/c13-12(14,15)7-17-11(19)18-5-1-2-8-3-4-9(16)6-10(8)18/h3-4,6H,1-2,5,7,16H2,(H,17,19). The van der Waals surface area contributed by atoms with Gasteiger partial charge in [0.15, 0.2) is 0 Å². The number of benzene rings is 1. The third-order valence-corrected chi connectivity index (χ3v) is 2.91. The van der Waals surface area contributed by atoms with Crippen LogP contribution in [0.3, 0.4) is 0 Å². The molecule has 0 saturated heterocycles. The fourth-order valence-corrected chi connectivity index (χ4v) is 2.07. The van der Waals surface area contributed by atoms with Crippen LogP contribution in [0.5, 0.6) is 0 Å². The second-order valence-electron chi connectivity index (χ2n) is 4.42. The van der Waals surface area contributed by atoms with Crippen LogP contribution in [0.15, 0.2) is 18.2 Å². The number of nitrogen functional groups attached to an aromatic ring is 1. The van der Waals surface area contributed by atoms with Gasteiger partial charge in [0.2, 0.25) is 0 Å². The largest absolute Gasteiger partial charge is 0.405 e. The van der Waals surface area contributed by atoms with Gasteiger partial charge >= 0.3 is 12.2 Å². The van der Waals surface area contributed by atoms with Gasteiger partial charge in [0, 0.05) is 12.2 Å². The van der Waals surface area contributed by atoms with E-state index in [2.05, 4.69) is 0 Å². The molecule has 104 valence electrons. The van der Waals surface area contributed by atoms with Gasteiger partial charge in [-0.05, 0) is 30.5 Å². The van der Waals surface area contributed by atoms with Gasteiger partial charge in [-0.1, -0.05) is 6.07 Å². The van der Waals surface area contributed by atoms with E-state index in [0.29, 0.717) is 17.9 Å². The molecule has 2 rings (SSSR count). The van der Waals surface area contributed by atoms with E-state index >= 15 is 0 Å². The van der Waals surface area contributed by atoms with Gasteiger partial charge < -0.3 is 11.1 Å². The highest BCUT2D eigenvalue weighted by Gasteiger charge is 2.30. The zero-order chi connectivity index (χ0) is 14.0. The molecule has 19 heavy (non-hydrogen) atoms. The van der Waals surface area contributed by atoms with Gasteiger partial charge in [-0.2, -0.15) is 13.2 Å². The van der Waals surface area contributed by atoms with Crippen LogP contribution < -0.4 is 16.0 Å². The Balaban J connectivity index is 2.14. The number of urea groups is 1. The number of nitrogens with two attached hydrogens (primary N) is 1. The molecular formula is C12H14F3N3O. The van der Waals surface area contributed by atoms with Crippen molar-refractivity contribution < 1.29 is 18.0 Å². The van der Waals surface area contributed by atoms with Gasteiger partial charge in [0.05, 0.1) is 5.69 Å². The van der Waals surface area contributed by atoms with Gasteiger partial charge in [0.25, 0.3) is 0 Å². The van der Waals surface area contributed by atoms with Crippen molar-refractivity contribution in [3.8, 4) is 0 Å². The monoisotopic (exact) mass is 273 g/mol. The Bertz CT molecular complexity index is 488. The van der Waals surface area contributed by atoms with E-state index < -0.39 is 18.8 Å². The lowest BCUT2D eigenvalue weighted by molar-refractivity contribution is -0.122. The maximum atomic E-state index is 12.1. The highest BCUT2D eigenvalue weighted by Crippen LogP contribution is 2.29. The van der Waals surface area contributed by atoms with E-state index in [9.17, 15) is 18.0 Å². The molecule has 0 aliphatic carbocycles. The zero-order valence-corrected chi connectivity index (χ0v) is 10.1. The quantitative estimate of drug-likeness (QED) is 0.771. The van der Waals surface area contributed by atoms with Crippen LogP contribution in [0, 0.1) is 0 Å². The molecule has 0 aromatic heterocycles. The number of aryl methyl sites for hydroxylation is 1. The van der Waals surface area contributed by atoms with Crippen molar-refractivity contribution in [2.75, 3.05) is 23.7 Å². The summed E-state index contributed by atoms with van der Waals surface area (Å²) in [5, 5.41) is 1.87. The highest BCUT2D eigenvalue weighted by molar-refractivity contribution is 5.93. The summed E-state index contributed by atoms with van der Waals surface area (Å²) in [7, 11) is 0. The summed E-state index contributed by atoms with van der Waals surface area (Å²) in [6, 6.07) is 4.38. The van der Waals surface area contributed by atoms with Crippen LogP contribution in [0.4, 0.5) is 29.3 Å². The second kappa shape index (κ2) is 4.99. The molecule has 0 bridgehead atoms. The molecule has 7 heteroatoms. The maximum absolute atomic E-state index is 12.1. The Kier molecular flexibility index (Phi) is 3.55. The number of fused-ring (bicyclic) bond motifs is 1. The number of anilines is 2. The summed E-state index contributed by atoms with van der Waals surface area (Å²) in [5.74, 6) is 0. The van der Waals surface area contributed by atoms with Crippen LogP contribution in [-0.2, 0) is 6.42 Å². The summed E-state index contributed by atoms with van der Waals surface area (Å²) in [6.07, 6.45) is -2.90. The molecule has 3 N–H and O–H groups in total. The molecule has 0 saturated carbocycles. The zero-order valence-electron chi connectivity index (χ0n) is 10.1. The minimum Gasteiger partial charge on any atom is -0.399 e. The lowest BCUT2D eigenvalue weighted by Crippen LogP contribution is -2.45. The van der Waals surface area contributed by atoms with Gasteiger partial charge in [0.1, 0.15) is 6.54 Å². The van der Waals surface area contributed by atoms with Crippen molar-refractivity contribution in [1.82, 2.24) is 5.32 Å². The van der Waals surface area contributed by atoms with Crippen molar-refractivity contribution in [2.24, 2.45) is 0 Å². The molecule has 0 atom stereocenters. The topological polar surface area (TPSA) is 58.4 Å². The van der Waals surface area contributed by atoms with E-state index in [-0.39, 0.29) is 0 Å². The molecule has 1 heterocycles. The fourth-order valence-electron chi connectivity index (χ4n) is 2.07. The van der Waals surface area contributed by atoms with E-state index in [1.807, 2.05) is 5.32 Å². The number of nitrogens with zero attached hydrogens (tertiary/aromatic N) is 1. The van der Waals surface area contributed by atoms with Crippen LogP contribution >= 0.6 is 0 Å². The number of rotatable bonds is 1. The van der Waals surface area contributed by atoms with Crippen LogP contribution in [-0.4, -0.2) is 25.3 Å². The first-order valence-corrected chi connectivity index (χ1v) is 5.87. The second-order valence-corrected chi connectivity index (χ2v) is 4.42. The van der Waals surface area contributed by atoms with Gasteiger partial charge in [-0.25, -0.2) is 4.79 Å². The molecule has 2 amide bonds. The maximum Gasteiger partial charge on any atom is 0.405 e. The molecule has 1 aliphatic heterocycles. The molecule has 0 unspecified atom stereocenters. The minimum atomic E-state index is -4.41. The average Bonchev–Trinajstić information content (AvgIpc) is 2.34. The van der Waals surface area contributed by atoms with E-state index in [1.165, 1.54) is 4.90 Å². The molecule has 0 radical (unpaired) electrons. The SMILES string of the molecule is Nc1ccc2c(c1)N(C(=O)NCC(F)(F)F)CCC2. The number of amides is 2. The number of halogens is 3. The Labute approximate surface area is 108 Å². The number of hydrogen-bond donors (Lipinski definition) is 2. The Morgan fingerprint density at radius 1 is 1.42 bits per heavy atom. The van der Waals surface area contributed by atoms with Crippen molar-refractivity contribution in [2.45, 2.75) is 19.0 Å². The summed E-state index contributed by atoms with van der Waals surface area (Å²) in [6.45, 7) is -0.944. The summed E-state index contributed by atoms with van der Waals surface area (Å²) >= 11 is 0. The number of hydrogen-bond acceptors (Lipinski definition) is 2. The fraction of sp³-hybridized carbons (Fsp3) is 0.417. The van der Waals surface area contributed by atoms with Crippen molar-refractivity contribution in [1.29, 1.82) is 0 Å². The molecule has 0 fully saturated rings. The summed E-state index contributed by atoms with van der Waals surface area (Å²) in [5.41, 5.74) is 7.64. The Hall–Kier alpha value is -1.92. The van der Waals surface area contributed by atoms with Gasteiger partial charge in [-0.15, -0.1) is 0 Å². The molecule has 0 spiro atoms. The molecule has 1 aliphatic rings. The van der Waals surface area contributed by atoms with Gasteiger partial charge in [-0.3, -0.25) is 4.90 Å². The van der Waals surface area contributed by atoms with Crippen LogP contribution in [0.25, 0.3) is 0 Å². The minimum absolute atomic E-state index is 0.389. The normalized spacial score (nSPS) is 15.0. The van der Waals surface area contributed by atoms with E-state index in [4.69, 9.17) is 5.73 Å². The average molecular weight is 273 g/mol. The number of nitrogens with one attached hydrogen (secondary N) is 1. The third kappa shape index (κ3) is 3.30. The Morgan fingerprint density at radius 2 is 2.16 bits per heavy atom. The first kappa shape index (κ1) is 13.5.